The predicted molar refractivity (Wildman–Crippen MR) is 45.1 cm³/mol. The van der Waals surface area contributed by atoms with Crippen LogP contribution in [0.5, 0.6) is 0 Å². The Labute approximate surface area is 73.7 Å². The lowest BCUT2D eigenvalue weighted by molar-refractivity contribution is 0.0697. The molecule has 66 valence electrons. The van der Waals surface area contributed by atoms with Crippen molar-refractivity contribution in [3.63, 3.8) is 0 Å². The largest absolute Gasteiger partial charge is 0.478 e. The van der Waals surface area contributed by atoms with Gasteiger partial charge in [0, 0.05) is 10.3 Å². The van der Waals surface area contributed by atoms with Crippen LogP contribution < -0.4 is 5.48 Å². The number of rotatable bonds is 4. The van der Waals surface area contributed by atoms with Crippen LogP contribution in [0.25, 0.3) is 0 Å². The van der Waals surface area contributed by atoms with Crippen molar-refractivity contribution in [3.8, 4) is 0 Å². The quantitative estimate of drug-likeness (QED) is 0.693. The second-order valence-electron chi connectivity index (χ2n) is 2.13. The first kappa shape index (κ1) is 9.18. The molecule has 12 heavy (non-hydrogen) atoms. The third-order valence-corrected chi connectivity index (χ3v) is 2.23. The molecule has 1 aromatic rings. The summed E-state index contributed by atoms with van der Waals surface area (Å²) in [6.07, 6.45) is 0. The lowest BCUT2D eigenvalue weighted by atomic mass is 10.3. The maximum absolute atomic E-state index is 10.4. The van der Waals surface area contributed by atoms with E-state index in [2.05, 4.69) is 10.3 Å². The highest BCUT2D eigenvalue weighted by molar-refractivity contribution is 7.10. The third kappa shape index (κ3) is 2.30. The van der Waals surface area contributed by atoms with Crippen LogP contribution in [0.4, 0.5) is 0 Å². The number of aromatic carboxylic acids is 1. The first-order valence-electron chi connectivity index (χ1n) is 3.30. The van der Waals surface area contributed by atoms with Crippen molar-refractivity contribution in [3.05, 3.63) is 21.9 Å². The molecule has 0 spiro atoms. The van der Waals surface area contributed by atoms with E-state index in [9.17, 15) is 4.79 Å². The molecule has 2 N–H and O–H groups in total. The first-order chi connectivity index (χ1) is 5.74. The van der Waals surface area contributed by atoms with E-state index in [4.69, 9.17) is 5.11 Å². The second-order valence-corrected chi connectivity index (χ2v) is 3.13. The van der Waals surface area contributed by atoms with Gasteiger partial charge in [-0.2, -0.15) is 5.48 Å². The van der Waals surface area contributed by atoms with E-state index in [1.807, 2.05) is 0 Å². The molecule has 0 bridgehead atoms. The molecule has 0 fully saturated rings. The summed E-state index contributed by atoms with van der Waals surface area (Å²) in [6, 6.07) is 1.62. The zero-order valence-electron chi connectivity index (χ0n) is 6.53. The van der Waals surface area contributed by atoms with Gasteiger partial charge in [0.2, 0.25) is 0 Å². The van der Waals surface area contributed by atoms with Crippen molar-refractivity contribution in [2.75, 3.05) is 7.11 Å². The molecule has 0 unspecified atom stereocenters. The van der Waals surface area contributed by atoms with E-state index in [0.29, 0.717) is 12.1 Å². The van der Waals surface area contributed by atoms with Crippen molar-refractivity contribution >= 4 is 17.3 Å². The number of carboxylic acids is 1. The molecule has 0 saturated carbocycles. The van der Waals surface area contributed by atoms with Crippen molar-refractivity contribution in [2.45, 2.75) is 6.54 Å². The molecular weight excluding hydrogens is 178 g/mol. The Morgan fingerprint density at radius 1 is 1.83 bits per heavy atom. The number of hydrogen-bond donors (Lipinski definition) is 2. The fourth-order valence-corrected chi connectivity index (χ4v) is 1.51. The van der Waals surface area contributed by atoms with Crippen LogP contribution in [0.1, 0.15) is 15.2 Å². The highest BCUT2D eigenvalue weighted by atomic mass is 32.1. The molecule has 1 aromatic heterocycles. The van der Waals surface area contributed by atoms with E-state index < -0.39 is 5.97 Å². The fraction of sp³-hybridized carbons (Fsp3) is 0.286. The third-order valence-electron chi connectivity index (χ3n) is 1.29. The van der Waals surface area contributed by atoms with Crippen molar-refractivity contribution in [1.29, 1.82) is 0 Å². The number of hydroxylamine groups is 1. The summed E-state index contributed by atoms with van der Waals surface area (Å²) < 4.78 is 0. The van der Waals surface area contributed by atoms with E-state index in [1.165, 1.54) is 18.4 Å². The molecule has 0 amide bonds. The van der Waals surface area contributed by atoms with Gasteiger partial charge in [-0.1, -0.05) is 0 Å². The molecule has 0 radical (unpaired) electrons. The van der Waals surface area contributed by atoms with Crippen LogP contribution in [-0.2, 0) is 11.4 Å². The van der Waals surface area contributed by atoms with Crippen molar-refractivity contribution in [2.24, 2.45) is 0 Å². The molecular formula is C7H9NO3S. The predicted octanol–water partition coefficient (Wildman–Crippen LogP) is 1.10. The van der Waals surface area contributed by atoms with Gasteiger partial charge < -0.3 is 9.94 Å². The molecule has 0 aliphatic carbocycles. The maximum Gasteiger partial charge on any atom is 0.336 e. The van der Waals surface area contributed by atoms with Crippen LogP contribution in [0.15, 0.2) is 11.4 Å². The average Bonchev–Trinajstić information content (AvgIpc) is 2.48. The topological polar surface area (TPSA) is 58.6 Å². The first-order valence-corrected chi connectivity index (χ1v) is 4.18. The number of carbonyl (C=O) groups is 1. The average molecular weight is 187 g/mol. The summed E-state index contributed by atoms with van der Waals surface area (Å²) in [4.78, 5) is 16.0. The number of thiophene rings is 1. The highest BCUT2D eigenvalue weighted by Crippen LogP contribution is 2.13. The van der Waals surface area contributed by atoms with Gasteiger partial charge in [0.15, 0.2) is 0 Å². The molecule has 0 saturated heterocycles. The second kappa shape index (κ2) is 4.20. The Hall–Kier alpha value is -0.910. The van der Waals surface area contributed by atoms with Crippen LogP contribution in [-0.4, -0.2) is 18.2 Å². The minimum atomic E-state index is -0.894. The van der Waals surface area contributed by atoms with E-state index in [1.54, 1.807) is 11.4 Å². The molecule has 1 heterocycles. The molecule has 1 rings (SSSR count). The summed E-state index contributed by atoms with van der Waals surface area (Å²) in [7, 11) is 1.52. The minimum Gasteiger partial charge on any atom is -0.478 e. The van der Waals surface area contributed by atoms with Gasteiger partial charge in [0.25, 0.3) is 0 Å². The van der Waals surface area contributed by atoms with E-state index in [-0.39, 0.29) is 0 Å². The zero-order valence-corrected chi connectivity index (χ0v) is 7.35. The molecule has 0 aliphatic heterocycles. The van der Waals surface area contributed by atoms with E-state index >= 15 is 0 Å². The molecule has 0 aromatic carbocycles. The Balaban J connectivity index is 2.58. The molecule has 0 aliphatic rings. The van der Waals surface area contributed by atoms with E-state index in [0.717, 1.165) is 4.88 Å². The van der Waals surface area contributed by atoms with Gasteiger partial charge in [0.05, 0.1) is 19.2 Å². The van der Waals surface area contributed by atoms with Crippen molar-refractivity contribution < 1.29 is 14.7 Å². The summed E-state index contributed by atoms with van der Waals surface area (Å²) in [5, 5.41) is 10.2. The van der Waals surface area contributed by atoms with Crippen LogP contribution in [0, 0.1) is 0 Å². The SMILES string of the molecule is CONCc1cc(C(=O)O)cs1. The Morgan fingerprint density at radius 3 is 3.08 bits per heavy atom. The van der Waals surface area contributed by atoms with Gasteiger partial charge in [0.1, 0.15) is 0 Å². The normalized spacial score (nSPS) is 10.1. The maximum atomic E-state index is 10.4. The summed E-state index contributed by atoms with van der Waals surface area (Å²) in [5.41, 5.74) is 2.96. The lowest BCUT2D eigenvalue weighted by Gasteiger charge is -1.95. The molecule has 4 nitrogen and oxygen atoms in total. The van der Waals surface area contributed by atoms with Crippen LogP contribution >= 0.6 is 11.3 Å². The zero-order chi connectivity index (χ0) is 8.97. The Morgan fingerprint density at radius 2 is 2.58 bits per heavy atom. The lowest BCUT2D eigenvalue weighted by Crippen LogP contribution is -2.09. The van der Waals surface area contributed by atoms with Gasteiger partial charge in [-0.15, -0.1) is 11.3 Å². The standard InChI is InChI=1S/C7H9NO3S/c1-11-8-3-6-2-5(4-12-6)7(9)10/h2,4,8H,3H2,1H3,(H,9,10). The van der Waals surface area contributed by atoms with Gasteiger partial charge >= 0.3 is 5.97 Å². The summed E-state index contributed by atoms with van der Waals surface area (Å²) in [5.74, 6) is -0.894. The smallest absolute Gasteiger partial charge is 0.336 e. The van der Waals surface area contributed by atoms with Crippen LogP contribution in [0.3, 0.4) is 0 Å². The van der Waals surface area contributed by atoms with Crippen molar-refractivity contribution in [1.82, 2.24) is 5.48 Å². The molecule has 0 atom stereocenters. The Bertz CT molecular complexity index is 271. The minimum absolute atomic E-state index is 0.327. The Kier molecular flexibility index (Phi) is 3.21. The van der Waals surface area contributed by atoms with Crippen LogP contribution in [0.2, 0.25) is 0 Å². The summed E-state index contributed by atoms with van der Waals surface area (Å²) >= 11 is 1.39. The number of hydrogen-bond acceptors (Lipinski definition) is 4. The monoisotopic (exact) mass is 187 g/mol. The fourth-order valence-electron chi connectivity index (χ4n) is 0.729. The van der Waals surface area contributed by atoms with Gasteiger partial charge in [-0.3, -0.25) is 0 Å². The number of nitrogens with one attached hydrogen (secondary N) is 1. The molecule has 5 heteroatoms. The highest BCUT2D eigenvalue weighted by Gasteiger charge is 2.05. The van der Waals surface area contributed by atoms with Gasteiger partial charge in [-0.05, 0) is 6.07 Å². The number of carboxylic acid groups (broad SMARTS) is 1. The van der Waals surface area contributed by atoms with Gasteiger partial charge in [-0.25, -0.2) is 4.79 Å². The summed E-state index contributed by atoms with van der Waals surface area (Å²) in [6.45, 7) is 0.536.